The summed E-state index contributed by atoms with van der Waals surface area (Å²) in [5, 5.41) is 0. The van der Waals surface area contributed by atoms with Crippen LogP contribution in [0.3, 0.4) is 0 Å². The van der Waals surface area contributed by atoms with Gasteiger partial charge in [-0.25, -0.2) is 17.1 Å². The molecule has 158 valence electrons. The van der Waals surface area contributed by atoms with Crippen molar-refractivity contribution in [1.29, 1.82) is 0 Å². The van der Waals surface area contributed by atoms with E-state index in [0.717, 1.165) is 44.8 Å². The zero-order chi connectivity index (χ0) is 20.9. The van der Waals surface area contributed by atoms with E-state index in [0.29, 0.717) is 12.4 Å². The molecule has 0 N–H and O–H groups in total. The molecule has 1 aliphatic heterocycles. The van der Waals surface area contributed by atoms with Gasteiger partial charge in [0.15, 0.2) is 0 Å². The highest BCUT2D eigenvalue weighted by Crippen LogP contribution is 2.19. The average molecular weight is 422 g/mol. The summed E-state index contributed by atoms with van der Waals surface area (Å²) in [6.45, 7) is 5.08. The summed E-state index contributed by atoms with van der Waals surface area (Å²) in [4.78, 5) is 4.89. The van der Waals surface area contributed by atoms with Gasteiger partial charge in [-0.3, -0.25) is 4.90 Å². The Labute approximate surface area is 172 Å². The molecule has 8 heteroatoms. The number of rotatable bonds is 7. The second kappa shape index (κ2) is 9.56. The van der Waals surface area contributed by atoms with Crippen molar-refractivity contribution >= 4 is 15.7 Å². The molecule has 0 aromatic heterocycles. The number of benzene rings is 2. The Balaban J connectivity index is 1.46. The molecule has 0 bridgehead atoms. The van der Waals surface area contributed by atoms with Crippen molar-refractivity contribution in [2.75, 3.05) is 58.3 Å². The normalized spacial score (nSPS) is 16.1. The Hall–Kier alpha value is -2.16. The molecule has 2 aromatic carbocycles. The van der Waals surface area contributed by atoms with Crippen molar-refractivity contribution in [2.45, 2.75) is 11.3 Å². The molecule has 1 saturated heterocycles. The molecule has 0 spiro atoms. The molecule has 3 rings (SSSR count). The minimum Gasteiger partial charge on any atom is -0.492 e. The van der Waals surface area contributed by atoms with Crippen molar-refractivity contribution in [3.63, 3.8) is 0 Å². The standard InChI is InChI=1S/C21H28FN3O3S/c1-23(2)29(26,27)21-10-8-20(9-11-21)28-17-16-24-12-3-13-25(15-14-24)19-6-4-18(22)5-7-19/h4-11H,3,12-17H2,1-2H3. The van der Waals surface area contributed by atoms with Crippen molar-refractivity contribution in [2.24, 2.45) is 0 Å². The Kier molecular flexibility index (Phi) is 7.10. The maximum Gasteiger partial charge on any atom is 0.242 e. The summed E-state index contributed by atoms with van der Waals surface area (Å²) >= 11 is 0. The molecule has 0 aliphatic carbocycles. The van der Waals surface area contributed by atoms with Gasteiger partial charge in [-0.15, -0.1) is 0 Å². The molecule has 29 heavy (non-hydrogen) atoms. The van der Waals surface area contributed by atoms with E-state index in [1.54, 1.807) is 24.3 Å². The quantitative estimate of drug-likeness (QED) is 0.688. The first kappa shape index (κ1) is 21.5. The number of ether oxygens (including phenoxy) is 1. The molecule has 6 nitrogen and oxygen atoms in total. The Morgan fingerprint density at radius 3 is 2.31 bits per heavy atom. The molecular weight excluding hydrogens is 393 g/mol. The van der Waals surface area contributed by atoms with Crippen LogP contribution in [0.2, 0.25) is 0 Å². The van der Waals surface area contributed by atoms with Gasteiger partial charge >= 0.3 is 0 Å². The van der Waals surface area contributed by atoms with Crippen LogP contribution in [0.25, 0.3) is 0 Å². The Morgan fingerprint density at radius 2 is 1.66 bits per heavy atom. The first-order valence-electron chi connectivity index (χ1n) is 9.74. The van der Waals surface area contributed by atoms with Gasteiger partial charge in [0.2, 0.25) is 10.0 Å². The van der Waals surface area contributed by atoms with Crippen molar-refractivity contribution in [3.05, 3.63) is 54.3 Å². The molecule has 2 aromatic rings. The highest BCUT2D eigenvalue weighted by molar-refractivity contribution is 7.89. The van der Waals surface area contributed by atoms with E-state index in [9.17, 15) is 12.8 Å². The molecule has 0 radical (unpaired) electrons. The average Bonchev–Trinajstić information content (AvgIpc) is 2.95. The van der Waals surface area contributed by atoms with Crippen LogP contribution in [-0.4, -0.2) is 71.0 Å². The van der Waals surface area contributed by atoms with E-state index < -0.39 is 10.0 Å². The number of halogens is 1. The van der Waals surface area contributed by atoms with Crippen LogP contribution in [0.4, 0.5) is 10.1 Å². The van der Waals surface area contributed by atoms with Gasteiger partial charge in [0, 0.05) is 52.5 Å². The Morgan fingerprint density at radius 1 is 0.966 bits per heavy atom. The van der Waals surface area contributed by atoms with Gasteiger partial charge in [-0.2, -0.15) is 0 Å². The summed E-state index contributed by atoms with van der Waals surface area (Å²) in [5.41, 5.74) is 1.05. The van der Waals surface area contributed by atoms with E-state index in [-0.39, 0.29) is 10.7 Å². The third kappa shape index (κ3) is 5.68. The Bertz CT molecular complexity index is 886. The SMILES string of the molecule is CN(C)S(=O)(=O)c1ccc(OCCN2CCCN(c3ccc(F)cc3)CC2)cc1. The molecule has 0 atom stereocenters. The summed E-state index contributed by atoms with van der Waals surface area (Å²) in [6.07, 6.45) is 1.04. The first-order valence-corrected chi connectivity index (χ1v) is 11.2. The van der Waals surface area contributed by atoms with Crippen molar-refractivity contribution in [3.8, 4) is 5.75 Å². The lowest BCUT2D eigenvalue weighted by molar-refractivity contribution is 0.218. The van der Waals surface area contributed by atoms with Gasteiger partial charge in [0.25, 0.3) is 0 Å². The minimum absolute atomic E-state index is 0.213. The van der Waals surface area contributed by atoms with E-state index in [1.807, 2.05) is 12.1 Å². The van der Waals surface area contributed by atoms with E-state index in [4.69, 9.17) is 4.74 Å². The van der Waals surface area contributed by atoms with Gasteiger partial charge in [-0.05, 0) is 55.0 Å². The minimum atomic E-state index is -3.42. The summed E-state index contributed by atoms with van der Waals surface area (Å²) < 4.78 is 44.3. The van der Waals surface area contributed by atoms with Gasteiger partial charge in [0.1, 0.15) is 18.2 Å². The molecule has 0 saturated carbocycles. The highest BCUT2D eigenvalue weighted by atomic mass is 32.2. The van der Waals surface area contributed by atoms with Crippen LogP contribution in [0, 0.1) is 5.82 Å². The number of hydrogen-bond acceptors (Lipinski definition) is 5. The maximum absolute atomic E-state index is 13.1. The monoisotopic (exact) mass is 421 g/mol. The maximum atomic E-state index is 13.1. The zero-order valence-corrected chi connectivity index (χ0v) is 17.7. The van der Waals surface area contributed by atoms with E-state index >= 15 is 0 Å². The van der Waals surface area contributed by atoms with Gasteiger partial charge in [0.05, 0.1) is 4.90 Å². The molecule has 1 fully saturated rings. The third-order valence-corrected chi connectivity index (χ3v) is 6.89. The van der Waals surface area contributed by atoms with Crippen LogP contribution >= 0.6 is 0 Å². The van der Waals surface area contributed by atoms with Gasteiger partial charge < -0.3 is 9.64 Å². The lowest BCUT2D eigenvalue weighted by atomic mass is 10.2. The van der Waals surface area contributed by atoms with E-state index in [2.05, 4.69) is 9.80 Å². The molecule has 0 amide bonds. The fourth-order valence-electron chi connectivity index (χ4n) is 3.32. The fourth-order valence-corrected chi connectivity index (χ4v) is 4.22. The molecular formula is C21H28FN3O3S. The number of anilines is 1. The summed E-state index contributed by atoms with van der Waals surface area (Å²) in [7, 11) is -0.398. The topological polar surface area (TPSA) is 53.1 Å². The first-order chi connectivity index (χ1) is 13.9. The summed E-state index contributed by atoms with van der Waals surface area (Å²) in [6, 6.07) is 13.2. The number of sulfonamides is 1. The third-order valence-electron chi connectivity index (χ3n) is 5.06. The van der Waals surface area contributed by atoms with Crippen molar-refractivity contribution < 1.29 is 17.5 Å². The molecule has 1 aliphatic rings. The molecule has 1 heterocycles. The number of nitrogens with zero attached hydrogens (tertiary/aromatic N) is 3. The van der Waals surface area contributed by atoms with E-state index in [1.165, 1.54) is 30.5 Å². The smallest absolute Gasteiger partial charge is 0.242 e. The van der Waals surface area contributed by atoms with Gasteiger partial charge in [-0.1, -0.05) is 0 Å². The van der Waals surface area contributed by atoms with Crippen LogP contribution < -0.4 is 9.64 Å². The predicted molar refractivity (Wildman–Crippen MR) is 112 cm³/mol. The summed E-state index contributed by atoms with van der Waals surface area (Å²) in [5.74, 6) is 0.445. The largest absolute Gasteiger partial charge is 0.492 e. The lowest BCUT2D eigenvalue weighted by Gasteiger charge is -2.23. The van der Waals surface area contributed by atoms with Crippen LogP contribution in [0.5, 0.6) is 5.75 Å². The lowest BCUT2D eigenvalue weighted by Crippen LogP contribution is -2.33. The van der Waals surface area contributed by atoms with Crippen LogP contribution in [0.1, 0.15) is 6.42 Å². The number of hydrogen-bond donors (Lipinski definition) is 0. The van der Waals surface area contributed by atoms with Crippen LogP contribution in [-0.2, 0) is 10.0 Å². The highest BCUT2D eigenvalue weighted by Gasteiger charge is 2.17. The molecule has 0 unspecified atom stereocenters. The second-order valence-electron chi connectivity index (χ2n) is 7.27. The predicted octanol–water partition coefficient (Wildman–Crippen LogP) is 2.67. The van der Waals surface area contributed by atoms with Crippen molar-refractivity contribution in [1.82, 2.24) is 9.21 Å². The van der Waals surface area contributed by atoms with Crippen LogP contribution in [0.15, 0.2) is 53.4 Å². The zero-order valence-electron chi connectivity index (χ0n) is 16.9. The fraction of sp³-hybridized carbons (Fsp3) is 0.429. The second-order valence-corrected chi connectivity index (χ2v) is 9.42.